The molecule has 0 aliphatic carbocycles. The van der Waals surface area contributed by atoms with Gasteiger partial charge in [-0.15, -0.1) is 11.6 Å². The maximum Gasteiger partial charge on any atom is 0.125 e. The highest BCUT2D eigenvalue weighted by atomic mass is 35.5. The Bertz CT molecular complexity index is 727. The van der Waals surface area contributed by atoms with Gasteiger partial charge in [-0.3, -0.25) is 0 Å². The van der Waals surface area contributed by atoms with Gasteiger partial charge in [0.25, 0.3) is 0 Å². The van der Waals surface area contributed by atoms with Crippen LogP contribution in [0.4, 0.5) is 0 Å². The zero-order valence-corrected chi connectivity index (χ0v) is 11.7. The molecule has 98 valence electrons. The van der Waals surface area contributed by atoms with Crippen LogP contribution in [0.5, 0.6) is 0 Å². The second kappa shape index (κ2) is 4.74. The highest BCUT2D eigenvalue weighted by Crippen LogP contribution is 2.21. The number of benzene rings is 1. The van der Waals surface area contributed by atoms with Crippen LogP contribution in [0.2, 0.25) is 0 Å². The summed E-state index contributed by atoms with van der Waals surface area (Å²) in [5.41, 5.74) is 3.28. The molecule has 0 unspecified atom stereocenters. The Morgan fingerprint density at radius 3 is 2.74 bits per heavy atom. The lowest BCUT2D eigenvalue weighted by molar-refractivity contribution is 0.470. The Morgan fingerprint density at radius 1 is 1.21 bits per heavy atom. The average Bonchev–Trinajstić information content (AvgIpc) is 2.94. The van der Waals surface area contributed by atoms with Crippen LogP contribution in [-0.4, -0.2) is 9.55 Å². The molecule has 0 spiro atoms. The molecule has 0 fully saturated rings. The topological polar surface area (TPSA) is 31.0 Å². The van der Waals surface area contributed by atoms with E-state index in [9.17, 15) is 0 Å². The average molecular weight is 275 g/mol. The molecule has 0 atom stereocenters. The summed E-state index contributed by atoms with van der Waals surface area (Å²) < 4.78 is 7.75. The van der Waals surface area contributed by atoms with E-state index < -0.39 is 0 Å². The molecule has 0 aliphatic heterocycles. The Hall–Kier alpha value is -1.74. The second-order valence-corrected chi connectivity index (χ2v) is 5.02. The quantitative estimate of drug-likeness (QED) is 0.675. The highest BCUT2D eigenvalue weighted by molar-refractivity contribution is 6.16. The van der Waals surface area contributed by atoms with E-state index in [1.54, 1.807) is 0 Å². The lowest BCUT2D eigenvalue weighted by Gasteiger charge is -2.05. The summed E-state index contributed by atoms with van der Waals surface area (Å²) in [6.45, 7) is 4.67. The number of aryl methyl sites for hydroxylation is 2. The molecule has 3 aromatic rings. The number of nitrogens with zero attached hydrogens (tertiary/aromatic N) is 2. The van der Waals surface area contributed by atoms with E-state index in [-0.39, 0.29) is 0 Å². The fourth-order valence-electron chi connectivity index (χ4n) is 2.29. The van der Waals surface area contributed by atoms with E-state index in [1.807, 2.05) is 19.1 Å². The first-order chi connectivity index (χ1) is 9.17. The molecule has 0 saturated heterocycles. The van der Waals surface area contributed by atoms with Crippen LogP contribution in [0.15, 0.2) is 34.7 Å². The van der Waals surface area contributed by atoms with Crippen molar-refractivity contribution in [1.82, 2.24) is 9.55 Å². The summed E-state index contributed by atoms with van der Waals surface area (Å²) in [6, 6.07) is 10.2. The minimum Gasteiger partial charge on any atom is -0.464 e. The minimum absolute atomic E-state index is 0.396. The standard InChI is InChI=1S/C15H15ClN2O/c1-10-3-6-14-13(7-10)17-15(8-16)18(14)9-12-5-4-11(2)19-12/h3-7H,8-9H2,1-2H3. The summed E-state index contributed by atoms with van der Waals surface area (Å²) in [5.74, 6) is 3.11. The van der Waals surface area contributed by atoms with E-state index >= 15 is 0 Å². The van der Waals surface area contributed by atoms with Crippen molar-refractivity contribution in [3.8, 4) is 0 Å². The molecule has 3 nitrogen and oxygen atoms in total. The molecule has 0 saturated carbocycles. The van der Waals surface area contributed by atoms with Crippen LogP contribution in [0, 0.1) is 13.8 Å². The number of hydrogen-bond acceptors (Lipinski definition) is 2. The number of aromatic nitrogens is 2. The fraction of sp³-hybridized carbons (Fsp3) is 0.267. The Balaban J connectivity index is 2.10. The molecular formula is C15H15ClN2O. The first kappa shape index (κ1) is 12.3. The molecule has 0 amide bonds. The van der Waals surface area contributed by atoms with Crippen molar-refractivity contribution in [2.75, 3.05) is 0 Å². The van der Waals surface area contributed by atoms with E-state index in [0.29, 0.717) is 12.4 Å². The van der Waals surface area contributed by atoms with Crippen molar-refractivity contribution in [1.29, 1.82) is 0 Å². The number of hydrogen-bond donors (Lipinski definition) is 0. The molecule has 0 N–H and O–H groups in total. The number of halogens is 1. The smallest absolute Gasteiger partial charge is 0.125 e. The lowest BCUT2D eigenvalue weighted by atomic mass is 10.2. The van der Waals surface area contributed by atoms with E-state index in [2.05, 4.69) is 34.7 Å². The Kier molecular flexibility index (Phi) is 3.07. The molecule has 0 bridgehead atoms. The van der Waals surface area contributed by atoms with Crippen molar-refractivity contribution in [3.63, 3.8) is 0 Å². The number of imidazole rings is 1. The zero-order valence-electron chi connectivity index (χ0n) is 11.0. The van der Waals surface area contributed by atoms with E-state index in [0.717, 1.165) is 28.4 Å². The van der Waals surface area contributed by atoms with Crippen molar-refractivity contribution < 1.29 is 4.42 Å². The van der Waals surface area contributed by atoms with Gasteiger partial charge in [0.15, 0.2) is 0 Å². The summed E-state index contributed by atoms with van der Waals surface area (Å²) in [4.78, 5) is 4.58. The van der Waals surface area contributed by atoms with Gasteiger partial charge in [0.2, 0.25) is 0 Å². The van der Waals surface area contributed by atoms with Crippen LogP contribution in [0.1, 0.15) is 22.9 Å². The van der Waals surface area contributed by atoms with Crippen molar-refractivity contribution in [3.05, 3.63) is 53.2 Å². The molecule has 1 aromatic carbocycles. The van der Waals surface area contributed by atoms with Gasteiger partial charge in [0.05, 0.1) is 23.5 Å². The fourth-order valence-corrected chi connectivity index (χ4v) is 2.50. The monoisotopic (exact) mass is 274 g/mol. The third-order valence-corrected chi connectivity index (χ3v) is 3.45. The zero-order chi connectivity index (χ0) is 13.4. The third-order valence-electron chi connectivity index (χ3n) is 3.21. The second-order valence-electron chi connectivity index (χ2n) is 4.75. The van der Waals surface area contributed by atoms with Gasteiger partial charge in [-0.25, -0.2) is 4.98 Å². The normalized spacial score (nSPS) is 11.3. The lowest BCUT2D eigenvalue weighted by Crippen LogP contribution is -2.02. The summed E-state index contributed by atoms with van der Waals surface area (Å²) in [6.07, 6.45) is 0. The van der Waals surface area contributed by atoms with Gasteiger partial charge in [-0.1, -0.05) is 6.07 Å². The maximum absolute atomic E-state index is 6.00. The predicted octanol–water partition coefficient (Wildman–Crippen LogP) is 4.03. The Labute approximate surface area is 116 Å². The summed E-state index contributed by atoms with van der Waals surface area (Å²) >= 11 is 6.00. The van der Waals surface area contributed by atoms with E-state index in [4.69, 9.17) is 16.0 Å². The number of rotatable bonds is 3. The molecule has 2 heterocycles. The van der Waals surface area contributed by atoms with Crippen LogP contribution in [0.3, 0.4) is 0 Å². The van der Waals surface area contributed by atoms with Crippen LogP contribution < -0.4 is 0 Å². The molecule has 2 aromatic heterocycles. The third kappa shape index (κ3) is 2.26. The van der Waals surface area contributed by atoms with Crippen molar-refractivity contribution in [2.24, 2.45) is 0 Å². The molecule has 0 radical (unpaired) electrons. The molecule has 4 heteroatoms. The van der Waals surface area contributed by atoms with Crippen LogP contribution in [0.25, 0.3) is 11.0 Å². The molecule has 19 heavy (non-hydrogen) atoms. The van der Waals surface area contributed by atoms with Gasteiger partial charge in [-0.05, 0) is 43.7 Å². The van der Waals surface area contributed by atoms with Gasteiger partial charge in [0.1, 0.15) is 17.3 Å². The number of alkyl halides is 1. The molecule has 0 aliphatic rings. The molecular weight excluding hydrogens is 260 g/mol. The predicted molar refractivity (Wildman–Crippen MR) is 76.6 cm³/mol. The first-order valence-electron chi connectivity index (χ1n) is 6.24. The largest absolute Gasteiger partial charge is 0.464 e. The van der Waals surface area contributed by atoms with Crippen LogP contribution >= 0.6 is 11.6 Å². The first-order valence-corrected chi connectivity index (χ1v) is 6.78. The highest BCUT2D eigenvalue weighted by Gasteiger charge is 2.11. The van der Waals surface area contributed by atoms with Gasteiger partial charge < -0.3 is 8.98 Å². The van der Waals surface area contributed by atoms with Gasteiger partial charge >= 0.3 is 0 Å². The van der Waals surface area contributed by atoms with Crippen molar-refractivity contribution in [2.45, 2.75) is 26.3 Å². The Morgan fingerprint density at radius 2 is 2.05 bits per heavy atom. The molecule has 3 rings (SSSR count). The van der Waals surface area contributed by atoms with Gasteiger partial charge in [0, 0.05) is 0 Å². The minimum atomic E-state index is 0.396. The maximum atomic E-state index is 6.00. The number of furan rings is 1. The van der Waals surface area contributed by atoms with Gasteiger partial charge in [-0.2, -0.15) is 0 Å². The summed E-state index contributed by atoms with van der Waals surface area (Å²) in [5, 5.41) is 0. The SMILES string of the molecule is Cc1ccc2c(c1)nc(CCl)n2Cc1ccc(C)o1. The summed E-state index contributed by atoms with van der Waals surface area (Å²) in [7, 11) is 0. The van der Waals surface area contributed by atoms with E-state index in [1.165, 1.54) is 5.56 Å². The number of fused-ring (bicyclic) bond motifs is 1. The van der Waals surface area contributed by atoms with Crippen molar-refractivity contribution >= 4 is 22.6 Å². The van der Waals surface area contributed by atoms with Crippen LogP contribution in [-0.2, 0) is 12.4 Å².